The zero-order chi connectivity index (χ0) is 24.4. The molecule has 3 rings (SSSR count). The van der Waals surface area contributed by atoms with Crippen LogP contribution in [0.5, 0.6) is 5.75 Å². The number of hydrogen-bond donors (Lipinski definition) is 1. The molecule has 0 aromatic heterocycles. The van der Waals surface area contributed by atoms with E-state index in [4.69, 9.17) is 15.7 Å². The molecule has 2 N–H and O–H groups in total. The van der Waals surface area contributed by atoms with E-state index in [1.54, 1.807) is 6.92 Å². The number of nitrogens with two attached hydrogens (primary N) is 1. The van der Waals surface area contributed by atoms with Gasteiger partial charge in [-0.2, -0.15) is 22.7 Å². The number of hydrogen-bond acceptors (Lipinski definition) is 6. The Morgan fingerprint density at radius 3 is 2.42 bits per heavy atom. The molecule has 12 heteroatoms. The molecule has 1 unspecified atom stereocenters. The third kappa shape index (κ3) is 5.04. The summed E-state index contributed by atoms with van der Waals surface area (Å²) in [6.07, 6.45) is -4.78. The highest BCUT2D eigenvalue weighted by Gasteiger charge is 2.39. The largest absolute Gasteiger partial charge is 0.494 e. The molecule has 8 nitrogen and oxygen atoms in total. The summed E-state index contributed by atoms with van der Waals surface area (Å²) in [6, 6.07) is 9.12. The third-order valence-corrected chi connectivity index (χ3v) is 7.08. The van der Waals surface area contributed by atoms with Gasteiger partial charge < -0.3 is 15.4 Å². The van der Waals surface area contributed by atoms with E-state index in [1.165, 1.54) is 41.3 Å². The topological polar surface area (TPSA) is 117 Å². The maximum absolute atomic E-state index is 13.4. The van der Waals surface area contributed by atoms with E-state index in [2.05, 4.69) is 0 Å². The van der Waals surface area contributed by atoms with Crippen molar-refractivity contribution in [1.29, 1.82) is 5.26 Å². The first-order valence-electron chi connectivity index (χ1n) is 9.89. The SMILES string of the molecule is CCOc1ccc(S(=O)(=O)N2CCN(c3ccc(C#N)c(C(F)(F)F)c3)C(C(N)=O)C2)cc1. The molecule has 1 saturated heterocycles. The van der Waals surface area contributed by atoms with Crippen LogP contribution in [0, 0.1) is 11.3 Å². The summed E-state index contributed by atoms with van der Waals surface area (Å²) in [4.78, 5) is 13.4. The standard InChI is InChI=1S/C21H21F3N4O4S/c1-2-32-16-5-7-17(8-6-16)33(30,31)27-9-10-28(19(13-27)20(26)29)15-4-3-14(12-25)18(11-15)21(22,23)24/h3-8,11,19H,2,9-10,13H2,1H3,(H2,26,29). The normalized spacial score (nSPS) is 17.4. The lowest BCUT2D eigenvalue weighted by molar-refractivity contribution is -0.137. The second-order valence-electron chi connectivity index (χ2n) is 7.22. The molecule has 2 aromatic carbocycles. The van der Waals surface area contributed by atoms with Crippen LogP contribution in [0.1, 0.15) is 18.1 Å². The van der Waals surface area contributed by atoms with Crippen LogP contribution in [0.4, 0.5) is 18.9 Å². The van der Waals surface area contributed by atoms with Gasteiger partial charge in [-0.05, 0) is 49.4 Å². The van der Waals surface area contributed by atoms with Crippen molar-refractivity contribution in [2.24, 2.45) is 5.73 Å². The number of halogens is 3. The van der Waals surface area contributed by atoms with Crippen molar-refractivity contribution in [3.8, 4) is 11.8 Å². The third-order valence-electron chi connectivity index (χ3n) is 5.20. The lowest BCUT2D eigenvalue weighted by Crippen LogP contribution is -2.59. The van der Waals surface area contributed by atoms with Gasteiger partial charge in [0.15, 0.2) is 0 Å². The first-order chi connectivity index (χ1) is 15.5. The maximum Gasteiger partial charge on any atom is 0.417 e. The smallest absolute Gasteiger partial charge is 0.417 e. The van der Waals surface area contributed by atoms with Crippen molar-refractivity contribution >= 4 is 21.6 Å². The molecule has 176 valence electrons. The number of sulfonamides is 1. The number of alkyl halides is 3. The molecule has 0 spiro atoms. The first kappa shape index (κ1) is 24.3. The van der Waals surface area contributed by atoms with Gasteiger partial charge in [-0.25, -0.2) is 8.42 Å². The summed E-state index contributed by atoms with van der Waals surface area (Å²) in [5.74, 6) is -0.392. The number of nitrogens with zero attached hydrogens (tertiary/aromatic N) is 3. The van der Waals surface area contributed by atoms with Crippen molar-refractivity contribution in [3.63, 3.8) is 0 Å². The molecule has 2 aromatic rings. The summed E-state index contributed by atoms with van der Waals surface area (Å²) >= 11 is 0. The minimum absolute atomic E-state index is 0.0136. The summed E-state index contributed by atoms with van der Waals surface area (Å²) in [7, 11) is -3.99. The van der Waals surface area contributed by atoms with Gasteiger partial charge in [0, 0.05) is 25.3 Å². The minimum atomic E-state index is -4.78. The molecular formula is C21H21F3N4O4S. The monoisotopic (exact) mass is 482 g/mol. The fraction of sp³-hybridized carbons (Fsp3) is 0.333. The number of nitriles is 1. The van der Waals surface area contributed by atoms with Crippen LogP contribution < -0.4 is 15.4 Å². The van der Waals surface area contributed by atoms with Crippen LogP contribution in [0.25, 0.3) is 0 Å². The lowest BCUT2D eigenvalue weighted by atomic mass is 10.0. The number of piperazine rings is 1. The van der Waals surface area contributed by atoms with Crippen LogP contribution in [-0.2, 0) is 21.0 Å². The second kappa shape index (κ2) is 9.29. The molecule has 0 saturated carbocycles. The van der Waals surface area contributed by atoms with Gasteiger partial charge >= 0.3 is 6.18 Å². The molecule has 1 aliphatic rings. The average molecular weight is 482 g/mol. The summed E-state index contributed by atoms with van der Waals surface area (Å²) in [5.41, 5.74) is 3.80. The molecule has 0 radical (unpaired) electrons. The molecule has 0 aliphatic carbocycles. The highest BCUT2D eigenvalue weighted by molar-refractivity contribution is 7.89. The fourth-order valence-electron chi connectivity index (χ4n) is 3.60. The number of carbonyl (C=O) groups excluding carboxylic acids is 1. The van der Waals surface area contributed by atoms with E-state index in [9.17, 15) is 26.4 Å². The molecule has 1 heterocycles. The van der Waals surface area contributed by atoms with Gasteiger partial charge in [0.05, 0.1) is 28.7 Å². The van der Waals surface area contributed by atoms with E-state index >= 15 is 0 Å². The summed E-state index contributed by atoms with van der Waals surface area (Å²) in [6.45, 7) is 1.71. The van der Waals surface area contributed by atoms with Gasteiger partial charge in [-0.1, -0.05) is 0 Å². The molecule has 0 bridgehead atoms. The molecular weight excluding hydrogens is 461 g/mol. The van der Waals surface area contributed by atoms with Crippen molar-refractivity contribution < 1.29 is 31.1 Å². The molecule has 1 atom stereocenters. The highest BCUT2D eigenvalue weighted by Crippen LogP contribution is 2.35. The number of ether oxygens (including phenoxy) is 1. The Morgan fingerprint density at radius 1 is 1.21 bits per heavy atom. The van der Waals surface area contributed by atoms with Crippen molar-refractivity contribution in [2.45, 2.75) is 24.0 Å². The fourth-order valence-corrected chi connectivity index (χ4v) is 5.03. The maximum atomic E-state index is 13.4. The van der Waals surface area contributed by atoms with Crippen molar-refractivity contribution in [1.82, 2.24) is 4.31 Å². The van der Waals surface area contributed by atoms with Crippen LogP contribution in [-0.4, -0.2) is 50.9 Å². The predicted molar refractivity (Wildman–Crippen MR) is 113 cm³/mol. The quantitative estimate of drug-likeness (QED) is 0.676. The zero-order valence-corrected chi connectivity index (χ0v) is 18.4. The highest BCUT2D eigenvalue weighted by atomic mass is 32.2. The van der Waals surface area contributed by atoms with Crippen LogP contribution >= 0.6 is 0 Å². The van der Waals surface area contributed by atoms with Crippen LogP contribution in [0.15, 0.2) is 47.4 Å². The van der Waals surface area contributed by atoms with Crippen molar-refractivity contribution in [2.75, 3.05) is 31.1 Å². The van der Waals surface area contributed by atoms with Gasteiger partial charge in [0.1, 0.15) is 11.8 Å². The zero-order valence-electron chi connectivity index (χ0n) is 17.5. The number of anilines is 1. The van der Waals surface area contributed by atoms with E-state index in [0.717, 1.165) is 16.4 Å². The number of rotatable bonds is 6. The van der Waals surface area contributed by atoms with Gasteiger partial charge in [-0.3, -0.25) is 4.79 Å². The number of benzene rings is 2. The second-order valence-corrected chi connectivity index (χ2v) is 9.16. The minimum Gasteiger partial charge on any atom is -0.494 e. The molecule has 1 aliphatic heterocycles. The molecule has 1 fully saturated rings. The first-order valence-corrected chi connectivity index (χ1v) is 11.3. The Hall–Kier alpha value is -3.30. The molecule has 1 amide bonds. The Kier molecular flexibility index (Phi) is 6.85. The van der Waals surface area contributed by atoms with E-state index in [-0.39, 0.29) is 30.2 Å². The van der Waals surface area contributed by atoms with Gasteiger partial charge in [0.25, 0.3) is 0 Å². The predicted octanol–water partition coefficient (Wildman–Crippen LogP) is 2.34. The Bertz CT molecular complexity index is 1180. The van der Waals surface area contributed by atoms with E-state index in [0.29, 0.717) is 12.4 Å². The number of primary amides is 1. The number of carbonyl (C=O) groups is 1. The Balaban J connectivity index is 1.90. The Labute approximate surface area is 189 Å². The van der Waals surface area contributed by atoms with Gasteiger partial charge in [-0.15, -0.1) is 0 Å². The summed E-state index contributed by atoms with van der Waals surface area (Å²) in [5, 5.41) is 8.98. The molecule has 33 heavy (non-hydrogen) atoms. The van der Waals surface area contributed by atoms with Gasteiger partial charge in [0.2, 0.25) is 15.9 Å². The van der Waals surface area contributed by atoms with Crippen LogP contribution in [0.3, 0.4) is 0 Å². The Morgan fingerprint density at radius 2 is 1.88 bits per heavy atom. The average Bonchev–Trinajstić information content (AvgIpc) is 2.78. The van der Waals surface area contributed by atoms with E-state index < -0.39 is 39.3 Å². The van der Waals surface area contributed by atoms with Crippen molar-refractivity contribution in [3.05, 3.63) is 53.6 Å². The van der Waals surface area contributed by atoms with Crippen LogP contribution in [0.2, 0.25) is 0 Å². The summed E-state index contributed by atoms with van der Waals surface area (Å²) < 4.78 is 72.6. The number of amides is 1. The lowest BCUT2D eigenvalue weighted by Gasteiger charge is -2.40. The van der Waals surface area contributed by atoms with E-state index in [1.807, 2.05) is 0 Å².